The average Bonchev–Trinajstić information content (AvgIpc) is 2.46. The Hall–Kier alpha value is -1.77. The van der Waals surface area contributed by atoms with Crippen LogP contribution >= 0.6 is 0 Å². The maximum Gasteiger partial charge on any atom is 0.338 e. The van der Waals surface area contributed by atoms with Gasteiger partial charge < -0.3 is 9.47 Å². The second kappa shape index (κ2) is 9.20. The quantitative estimate of drug-likeness (QED) is 0.404. The van der Waals surface area contributed by atoms with Gasteiger partial charge in [-0.05, 0) is 37.1 Å². The third-order valence-electron chi connectivity index (χ3n) is 2.78. The first kappa shape index (κ1) is 15.3. The molecule has 0 fully saturated rings. The molecule has 1 aromatic carbocycles. The second-order valence-electron chi connectivity index (χ2n) is 4.29. The van der Waals surface area contributed by atoms with Crippen molar-refractivity contribution in [3.05, 3.63) is 42.0 Å². The van der Waals surface area contributed by atoms with Gasteiger partial charge in [-0.2, -0.15) is 0 Å². The third kappa shape index (κ3) is 6.09. The number of ether oxygens (including phenoxy) is 2. The largest absolute Gasteiger partial charge is 0.497 e. The summed E-state index contributed by atoms with van der Waals surface area (Å²) in [6.07, 6.45) is 8.68. The molecule has 0 bridgehead atoms. The summed E-state index contributed by atoms with van der Waals surface area (Å²) in [6, 6.07) is 6.90. The fourth-order valence-corrected chi connectivity index (χ4v) is 1.63. The van der Waals surface area contributed by atoms with E-state index in [2.05, 4.69) is 13.0 Å². The molecule has 19 heavy (non-hydrogen) atoms. The van der Waals surface area contributed by atoms with E-state index in [-0.39, 0.29) is 5.97 Å². The number of rotatable bonds is 8. The molecule has 1 rings (SSSR count). The second-order valence-corrected chi connectivity index (χ2v) is 4.29. The molecule has 0 aromatic heterocycles. The topological polar surface area (TPSA) is 35.5 Å². The molecule has 0 atom stereocenters. The Bertz CT molecular complexity index is 393. The molecule has 3 heteroatoms. The first-order valence-electron chi connectivity index (χ1n) is 6.74. The van der Waals surface area contributed by atoms with E-state index >= 15 is 0 Å². The van der Waals surface area contributed by atoms with Crippen LogP contribution in [0.3, 0.4) is 0 Å². The number of carbonyl (C=O) groups is 1. The van der Waals surface area contributed by atoms with Crippen LogP contribution in [0.2, 0.25) is 0 Å². The van der Waals surface area contributed by atoms with Crippen molar-refractivity contribution in [3.8, 4) is 5.75 Å². The van der Waals surface area contributed by atoms with Gasteiger partial charge in [-0.3, -0.25) is 0 Å². The Morgan fingerprint density at radius 2 is 1.89 bits per heavy atom. The number of unbranched alkanes of at least 4 members (excludes halogenated alkanes) is 3. The van der Waals surface area contributed by atoms with Crippen LogP contribution in [0.5, 0.6) is 5.75 Å². The van der Waals surface area contributed by atoms with E-state index < -0.39 is 0 Å². The number of hydrogen-bond donors (Lipinski definition) is 0. The predicted octanol–water partition coefficient (Wildman–Crippen LogP) is 3.99. The molecule has 0 amide bonds. The van der Waals surface area contributed by atoms with Crippen LogP contribution in [0.4, 0.5) is 0 Å². The Morgan fingerprint density at radius 3 is 2.53 bits per heavy atom. The van der Waals surface area contributed by atoms with Crippen LogP contribution in [0.15, 0.2) is 36.4 Å². The van der Waals surface area contributed by atoms with E-state index in [0.717, 1.165) is 12.2 Å². The van der Waals surface area contributed by atoms with Gasteiger partial charge in [0.05, 0.1) is 12.7 Å². The SMILES string of the molecule is CCCCC/C=C/COC(=O)c1ccc(OC)cc1. The first-order valence-corrected chi connectivity index (χ1v) is 6.74. The molecule has 1 aromatic rings. The molecule has 0 saturated carbocycles. The number of carbonyl (C=O) groups excluding carboxylic acids is 1. The lowest BCUT2D eigenvalue weighted by Crippen LogP contribution is -2.04. The smallest absolute Gasteiger partial charge is 0.338 e. The zero-order valence-corrected chi connectivity index (χ0v) is 11.7. The fourth-order valence-electron chi connectivity index (χ4n) is 1.63. The van der Waals surface area contributed by atoms with E-state index in [1.54, 1.807) is 31.4 Å². The summed E-state index contributed by atoms with van der Waals surface area (Å²) in [5, 5.41) is 0. The Labute approximate surface area is 115 Å². The van der Waals surface area contributed by atoms with Gasteiger partial charge >= 0.3 is 5.97 Å². The summed E-state index contributed by atoms with van der Waals surface area (Å²) in [7, 11) is 1.59. The lowest BCUT2D eigenvalue weighted by molar-refractivity contribution is 0.0549. The van der Waals surface area contributed by atoms with Gasteiger partial charge in [0.15, 0.2) is 0 Å². The first-order chi connectivity index (χ1) is 9.27. The normalized spacial score (nSPS) is 10.6. The van der Waals surface area contributed by atoms with Crippen molar-refractivity contribution >= 4 is 5.97 Å². The number of methoxy groups -OCH3 is 1. The highest BCUT2D eigenvalue weighted by atomic mass is 16.5. The Balaban J connectivity index is 2.26. The van der Waals surface area contributed by atoms with Gasteiger partial charge in [0.25, 0.3) is 0 Å². The van der Waals surface area contributed by atoms with Crippen LogP contribution in [-0.2, 0) is 4.74 Å². The third-order valence-corrected chi connectivity index (χ3v) is 2.78. The summed E-state index contributed by atoms with van der Waals surface area (Å²) in [4.78, 5) is 11.7. The molecule has 0 aliphatic rings. The molecule has 0 unspecified atom stereocenters. The van der Waals surface area contributed by atoms with Crippen LogP contribution in [0, 0.1) is 0 Å². The standard InChI is InChI=1S/C16H22O3/c1-3-4-5-6-7-8-13-19-16(17)14-9-11-15(18-2)12-10-14/h7-12H,3-6,13H2,1-2H3/b8-7+. The monoisotopic (exact) mass is 262 g/mol. The molecular formula is C16H22O3. The zero-order valence-electron chi connectivity index (χ0n) is 11.7. The highest BCUT2D eigenvalue weighted by Crippen LogP contribution is 2.12. The number of esters is 1. The van der Waals surface area contributed by atoms with E-state index in [0.29, 0.717) is 12.2 Å². The fraction of sp³-hybridized carbons (Fsp3) is 0.438. The number of hydrogen-bond acceptors (Lipinski definition) is 3. The van der Waals surface area contributed by atoms with Crippen molar-refractivity contribution < 1.29 is 14.3 Å². The van der Waals surface area contributed by atoms with Crippen LogP contribution in [0.25, 0.3) is 0 Å². The number of allylic oxidation sites excluding steroid dienone is 1. The van der Waals surface area contributed by atoms with Crippen LogP contribution in [0.1, 0.15) is 43.0 Å². The van der Waals surface area contributed by atoms with Gasteiger partial charge in [-0.1, -0.05) is 31.9 Å². The van der Waals surface area contributed by atoms with Crippen molar-refractivity contribution in [1.29, 1.82) is 0 Å². The minimum absolute atomic E-state index is 0.305. The lowest BCUT2D eigenvalue weighted by Gasteiger charge is -2.03. The molecule has 0 aliphatic heterocycles. The van der Waals surface area contributed by atoms with E-state index in [1.165, 1.54) is 19.3 Å². The zero-order chi connectivity index (χ0) is 13.9. The summed E-state index contributed by atoms with van der Waals surface area (Å²) >= 11 is 0. The van der Waals surface area contributed by atoms with Crippen molar-refractivity contribution in [3.63, 3.8) is 0 Å². The maximum atomic E-state index is 11.7. The van der Waals surface area contributed by atoms with Crippen molar-refractivity contribution in [2.45, 2.75) is 32.6 Å². The average molecular weight is 262 g/mol. The minimum Gasteiger partial charge on any atom is -0.497 e. The van der Waals surface area contributed by atoms with Crippen LogP contribution < -0.4 is 4.74 Å². The summed E-state index contributed by atoms with van der Waals surface area (Å²) < 4.78 is 10.2. The molecule has 0 radical (unpaired) electrons. The molecule has 0 aliphatic carbocycles. The summed E-state index contributed by atoms with van der Waals surface area (Å²) in [6.45, 7) is 2.51. The van der Waals surface area contributed by atoms with E-state index in [1.807, 2.05) is 6.08 Å². The summed E-state index contributed by atoms with van der Waals surface area (Å²) in [5.41, 5.74) is 0.542. The van der Waals surface area contributed by atoms with Crippen LogP contribution in [-0.4, -0.2) is 19.7 Å². The van der Waals surface area contributed by atoms with E-state index in [4.69, 9.17) is 9.47 Å². The highest BCUT2D eigenvalue weighted by Gasteiger charge is 2.05. The van der Waals surface area contributed by atoms with Gasteiger partial charge in [0.2, 0.25) is 0 Å². The van der Waals surface area contributed by atoms with Crippen molar-refractivity contribution in [2.24, 2.45) is 0 Å². The van der Waals surface area contributed by atoms with Gasteiger partial charge in [0, 0.05) is 0 Å². The molecule has 0 spiro atoms. The Morgan fingerprint density at radius 1 is 1.16 bits per heavy atom. The molecule has 3 nitrogen and oxygen atoms in total. The predicted molar refractivity (Wildman–Crippen MR) is 76.6 cm³/mol. The maximum absolute atomic E-state index is 11.7. The van der Waals surface area contributed by atoms with E-state index in [9.17, 15) is 4.79 Å². The molecule has 0 saturated heterocycles. The Kier molecular flexibility index (Phi) is 7.40. The molecule has 104 valence electrons. The van der Waals surface area contributed by atoms with Gasteiger partial charge in [0.1, 0.15) is 12.4 Å². The number of benzene rings is 1. The van der Waals surface area contributed by atoms with Crippen molar-refractivity contribution in [2.75, 3.05) is 13.7 Å². The molecule has 0 heterocycles. The molecular weight excluding hydrogens is 240 g/mol. The van der Waals surface area contributed by atoms with Crippen molar-refractivity contribution in [1.82, 2.24) is 0 Å². The summed E-state index contributed by atoms with van der Waals surface area (Å²) in [5.74, 6) is 0.424. The minimum atomic E-state index is -0.305. The molecule has 0 N–H and O–H groups in total. The van der Waals surface area contributed by atoms with Gasteiger partial charge in [-0.15, -0.1) is 0 Å². The lowest BCUT2D eigenvalue weighted by atomic mass is 10.2. The van der Waals surface area contributed by atoms with Gasteiger partial charge in [-0.25, -0.2) is 4.79 Å². The highest BCUT2D eigenvalue weighted by molar-refractivity contribution is 5.89.